The maximum Gasteiger partial charge on any atom is 0.239 e. The minimum Gasteiger partial charge on any atom is -0.368 e. The number of carbonyl (C=O) groups excluding carboxylic acids is 2. The van der Waals surface area contributed by atoms with Crippen LogP contribution in [0.1, 0.15) is 19.1 Å². The van der Waals surface area contributed by atoms with E-state index < -0.39 is 11.2 Å². The number of hydrogen-bond acceptors (Lipinski definition) is 8. The molecule has 3 aromatic heterocycles. The van der Waals surface area contributed by atoms with Crippen molar-refractivity contribution < 1.29 is 14.1 Å². The molecule has 0 spiro atoms. The van der Waals surface area contributed by atoms with Crippen molar-refractivity contribution in [1.82, 2.24) is 19.9 Å². The predicted molar refractivity (Wildman–Crippen MR) is 102 cm³/mol. The molecule has 3 aromatic rings. The van der Waals surface area contributed by atoms with Crippen molar-refractivity contribution in [3.63, 3.8) is 0 Å². The fourth-order valence-corrected chi connectivity index (χ4v) is 4.01. The molecule has 0 aliphatic rings. The van der Waals surface area contributed by atoms with Gasteiger partial charge in [0.2, 0.25) is 11.8 Å². The van der Waals surface area contributed by atoms with Crippen LogP contribution in [0.4, 0.5) is 5.82 Å². The highest BCUT2D eigenvalue weighted by Crippen LogP contribution is 2.30. The van der Waals surface area contributed by atoms with Crippen LogP contribution in [0.15, 0.2) is 33.3 Å². The number of amides is 2. The van der Waals surface area contributed by atoms with Crippen LogP contribution in [-0.2, 0) is 16.1 Å². The van der Waals surface area contributed by atoms with Gasteiger partial charge in [-0.25, -0.2) is 0 Å². The zero-order valence-electron chi connectivity index (χ0n) is 14.7. The molecule has 0 aromatic carbocycles. The van der Waals surface area contributed by atoms with Gasteiger partial charge < -0.3 is 15.6 Å². The first-order valence-corrected chi connectivity index (χ1v) is 9.90. The molecule has 0 radical (unpaired) electrons. The summed E-state index contributed by atoms with van der Waals surface area (Å²) in [5.41, 5.74) is 5.38. The number of primary amides is 1. The minimum atomic E-state index is -0.509. The van der Waals surface area contributed by atoms with Crippen molar-refractivity contribution in [2.75, 3.05) is 5.32 Å². The Kier molecular flexibility index (Phi) is 5.91. The number of anilines is 1. The SMILES string of the molecule is CCC(Sc1nnc(-c2cccs2)n1CC(N)=O)C(=O)Nc1cc(C)on1. The van der Waals surface area contributed by atoms with Gasteiger partial charge in [0, 0.05) is 6.07 Å². The number of thioether (sulfide) groups is 1. The van der Waals surface area contributed by atoms with Crippen LogP contribution in [0.2, 0.25) is 0 Å². The van der Waals surface area contributed by atoms with Gasteiger partial charge in [-0.05, 0) is 24.8 Å². The van der Waals surface area contributed by atoms with Gasteiger partial charge in [-0.3, -0.25) is 14.2 Å². The Labute approximate surface area is 163 Å². The third-order valence-corrected chi connectivity index (χ3v) is 5.77. The fraction of sp³-hybridized carbons (Fsp3) is 0.312. The molecule has 1 unspecified atom stereocenters. The lowest BCUT2D eigenvalue weighted by Gasteiger charge is -2.14. The number of nitrogens with two attached hydrogens (primary N) is 1. The number of thiophene rings is 1. The summed E-state index contributed by atoms with van der Waals surface area (Å²) in [5.74, 6) is 0.767. The number of aromatic nitrogens is 4. The van der Waals surface area contributed by atoms with E-state index in [1.807, 2.05) is 24.4 Å². The van der Waals surface area contributed by atoms with Crippen molar-refractivity contribution in [2.45, 2.75) is 37.2 Å². The van der Waals surface area contributed by atoms with Gasteiger partial charge in [-0.15, -0.1) is 21.5 Å². The van der Waals surface area contributed by atoms with E-state index in [0.717, 1.165) is 4.88 Å². The van der Waals surface area contributed by atoms with Crippen molar-refractivity contribution in [3.05, 3.63) is 29.3 Å². The molecule has 1 atom stereocenters. The standard InChI is InChI=1S/C16H18N6O3S2/c1-3-10(15(24)18-13-7-9(2)25-21-13)27-16-20-19-14(11-5-4-6-26-11)22(16)8-12(17)23/h4-7,10H,3,8H2,1-2H3,(H2,17,23)(H,18,21,24). The maximum absolute atomic E-state index is 12.6. The molecule has 3 rings (SSSR count). The number of aryl methyl sites for hydroxylation is 1. The Hall–Kier alpha value is -2.66. The number of hydrogen-bond donors (Lipinski definition) is 2. The summed E-state index contributed by atoms with van der Waals surface area (Å²) >= 11 is 2.71. The quantitative estimate of drug-likeness (QED) is 0.549. The third kappa shape index (κ3) is 4.55. The lowest BCUT2D eigenvalue weighted by atomic mass is 10.3. The van der Waals surface area contributed by atoms with Crippen LogP contribution in [0.25, 0.3) is 10.7 Å². The van der Waals surface area contributed by atoms with Crippen LogP contribution in [0.3, 0.4) is 0 Å². The molecule has 0 fully saturated rings. The zero-order valence-corrected chi connectivity index (χ0v) is 16.3. The highest BCUT2D eigenvalue weighted by atomic mass is 32.2. The molecule has 0 aliphatic carbocycles. The normalized spacial score (nSPS) is 12.1. The van der Waals surface area contributed by atoms with Gasteiger partial charge in [-0.2, -0.15) is 0 Å². The molecule has 3 heterocycles. The second-order valence-corrected chi connectivity index (χ2v) is 7.78. The Bertz CT molecular complexity index is 934. The summed E-state index contributed by atoms with van der Waals surface area (Å²) < 4.78 is 6.59. The average molecular weight is 406 g/mol. The van der Waals surface area contributed by atoms with E-state index in [0.29, 0.717) is 29.0 Å². The molecule has 2 amide bonds. The number of carbonyl (C=O) groups is 2. The Morgan fingerprint density at radius 3 is 2.85 bits per heavy atom. The second-order valence-electron chi connectivity index (χ2n) is 5.66. The van der Waals surface area contributed by atoms with Crippen molar-refractivity contribution in [2.24, 2.45) is 5.73 Å². The van der Waals surface area contributed by atoms with Crippen LogP contribution in [0, 0.1) is 6.92 Å². The number of rotatable bonds is 8. The van der Waals surface area contributed by atoms with E-state index in [9.17, 15) is 9.59 Å². The lowest BCUT2D eigenvalue weighted by Crippen LogP contribution is -2.26. The van der Waals surface area contributed by atoms with Crippen molar-refractivity contribution >= 4 is 40.7 Å². The Morgan fingerprint density at radius 1 is 1.44 bits per heavy atom. The molecule has 3 N–H and O–H groups in total. The van der Waals surface area contributed by atoms with E-state index >= 15 is 0 Å². The molecule has 0 saturated carbocycles. The van der Waals surface area contributed by atoms with Gasteiger partial charge in [0.25, 0.3) is 0 Å². The number of nitrogens with one attached hydrogen (secondary N) is 1. The smallest absolute Gasteiger partial charge is 0.239 e. The zero-order chi connectivity index (χ0) is 19.4. The first kappa shape index (κ1) is 19.1. The van der Waals surface area contributed by atoms with E-state index in [1.165, 1.54) is 23.1 Å². The largest absolute Gasteiger partial charge is 0.368 e. The second kappa shape index (κ2) is 8.35. The first-order chi connectivity index (χ1) is 13.0. The van der Waals surface area contributed by atoms with Gasteiger partial charge >= 0.3 is 0 Å². The summed E-state index contributed by atoms with van der Waals surface area (Å²) in [6, 6.07) is 5.41. The molecule has 11 heteroatoms. The van der Waals surface area contributed by atoms with E-state index in [2.05, 4.69) is 20.7 Å². The molecule has 0 aliphatic heterocycles. The van der Waals surface area contributed by atoms with Gasteiger partial charge in [0.15, 0.2) is 16.8 Å². The maximum atomic E-state index is 12.6. The van der Waals surface area contributed by atoms with Crippen molar-refractivity contribution in [1.29, 1.82) is 0 Å². The van der Waals surface area contributed by atoms with Gasteiger partial charge in [0.1, 0.15) is 12.3 Å². The summed E-state index contributed by atoms with van der Waals surface area (Å²) in [7, 11) is 0. The van der Waals surface area contributed by atoms with Gasteiger partial charge in [0.05, 0.1) is 10.1 Å². The summed E-state index contributed by atoms with van der Waals surface area (Å²) in [5, 5.41) is 16.7. The van der Waals surface area contributed by atoms with Gasteiger partial charge in [-0.1, -0.05) is 29.9 Å². The Balaban J connectivity index is 1.82. The Morgan fingerprint density at radius 2 is 2.26 bits per heavy atom. The monoisotopic (exact) mass is 406 g/mol. The van der Waals surface area contributed by atoms with Crippen molar-refractivity contribution in [3.8, 4) is 10.7 Å². The summed E-state index contributed by atoms with van der Waals surface area (Å²) in [6.07, 6.45) is 0.547. The molecule has 0 bridgehead atoms. The molecular formula is C16H18N6O3S2. The van der Waals surface area contributed by atoms with Crippen LogP contribution < -0.4 is 11.1 Å². The molecule has 142 valence electrons. The molecule has 27 heavy (non-hydrogen) atoms. The molecule has 9 nitrogen and oxygen atoms in total. The van der Waals surface area contributed by atoms with E-state index in [-0.39, 0.29) is 12.5 Å². The fourth-order valence-electron chi connectivity index (χ4n) is 2.34. The lowest BCUT2D eigenvalue weighted by molar-refractivity contribution is -0.118. The third-order valence-electron chi connectivity index (χ3n) is 3.56. The highest BCUT2D eigenvalue weighted by molar-refractivity contribution is 8.00. The van der Waals surface area contributed by atoms with Crippen LogP contribution in [-0.4, -0.2) is 37.0 Å². The molecule has 0 saturated heterocycles. The minimum absolute atomic E-state index is 0.0664. The summed E-state index contributed by atoms with van der Waals surface area (Å²) in [6.45, 7) is 3.57. The molecular weight excluding hydrogens is 388 g/mol. The number of nitrogens with zero attached hydrogens (tertiary/aromatic N) is 4. The first-order valence-electron chi connectivity index (χ1n) is 8.14. The highest BCUT2D eigenvalue weighted by Gasteiger charge is 2.24. The van der Waals surface area contributed by atoms with Crippen LogP contribution in [0.5, 0.6) is 0 Å². The summed E-state index contributed by atoms with van der Waals surface area (Å²) in [4.78, 5) is 24.9. The average Bonchev–Trinajstić information content (AvgIpc) is 3.34. The van der Waals surface area contributed by atoms with E-state index in [1.54, 1.807) is 17.6 Å². The van der Waals surface area contributed by atoms with E-state index in [4.69, 9.17) is 10.3 Å². The topological polar surface area (TPSA) is 129 Å². The predicted octanol–water partition coefficient (Wildman–Crippen LogP) is 2.30. The van der Waals surface area contributed by atoms with Crippen LogP contribution >= 0.6 is 23.1 Å².